The minimum Gasteiger partial charge on any atom is -0.365 e. The van der Waals surface area contributed by atoms with E-state index in [-0.39, 0.29) is 5.91 Å². The molecule has 0 aromatic heterocycles. The van der Waals surface area contributed by atoms with Gasteiger partial charge in [-0.1, -0.05) is 17.7 Å². The standard InChI is InChI=1S/C14H19N3O/c1-12-5-7-13(8-6-12)17(3)11-14(18)16(2)10-4-9-15/h5-8H,4,10-11H2,1-3H3. The van der Waals surface area contributed by atoms with Gasteiger partial charge in [0.1, 0.15) is 0 Å². The van der Waals surface area contributed by atoms with Gasteiger partial charge in [-0.05, 0) is 19.1 Å². The Kier molecular flexibility index (Phi) is 5.19. The number of carbonyl (C=O) groups is 1. The van der Waals surface area contributed by atoms with Crippen LogP contribution < -0.4 is 4.90 Å². The highest BCUT2D eigenvalue weighted by molar-refractivity contribution is 5.81. The molecule has 0 fully saturated rings. The highest BCUT2D eigenvalue weighted by Gasteiger charge is 2.11. The highest BCUT2D eigenvalue weighted by Crippen LogP contribution is 2.13. The molecule has 0 spiro atoms. The molecule has 4 nitrogen and oxygen atoms in total. The zero-order valence-electron chi connectivity index (χ0n) is 11.2. The van der Waals surface area contributed by atoms with Crippen LogP contribution in [0.2, 0.25) is 0 Å². The van der Waals surface area contributed by atoms with Gasteiger partial charge in [0, 0.05) is 26.3 Å². The fourth-order valence-corrected chi connectivity index (χ4v) is 1.56. The van der Waals surface area contributed by atoms with E-state index < -0.39 is 0 Å². The summed E-state index contributed by atoms with van der Waals surface area (Å²) in [6.45, 7) is 2.84. The summed E-state index contributed by atoms with van der Waals surface area (Å²) >= 11 is 0. The molecule has 0 aliphatic carbocycles. The minimum atomic E-state index is 0.0216. The van der Waals surface area contributed by atoms with Crippen molar-refractivity contribution in [2.24, 2.45) is 0 Å². The Morgan fingerprint density at radius 3 is 2.44 bits per heavy atom. The molecular formula is C14H19N3O. The molecule has 1 rings (SSSR count). The van der Waals surface area contributed by atoms with Gasteiger partial charge in [-0.15, -0.1) is 0 Å². The van der Waals surface area contributed by atoms with Crippen molar-refractivity contribution in [3.63, 3.8) is 0 Å². The number of amides is 1. The normalized spacial score (nSPS) is 9.67. The highest BCUT2D eigenvalue weighted by atomic mass is 16.2. The van der Waals surface area contributed by atoms with Crippen LogP contribution in [-0.2, 0) is 4.79 Å². The lowest BCUT2D eigenvalue weighted by atomic mass is 10.2. The summed E-state index contributed by atoms with van der Waals surface area (Å²) in [5.41, 5.74) is 2.22. The maximum atomic E-state index is 11.9. The van der Waals surface area contributed by atoms with Gasteiger partial charge >= 0.3 is 0 Å². The third-order valence-corrected chi connectivity index (χ3v) is 2.83. The average molecular weight is 245 g/mol. The average Bonchev–Trinajstić information content (AvgIpc) is 2.36. The first-order chi connectivity index (χ1) is 8.54. The number of rotatable bonds is 5. The zero-order chi connectivity index (χ0) is 13.5. The Bertz CT molecular complexity index is 433. The number of carbonyl (C=O) groups excluding carboxylic acids is 1. The summed E-state index contributed by atoms with van der Waals surface area (Å²) in [6, 6.07) is 10.1. The molecular weight excluding hydrogens is 226 g/mol. The first kappa shape index (κ1) is 14.0. The largest absolute Gasteiger partial charge is 0.365 e. The summed E-state index contributed by atoms with van der Waals surface area (Å²) in [5.74, 6) is 0.0216. The van der Waals surface area contributed by atoms with E-state index in [2.05, 4.69) is 0 Å². The quantitative estimate of drug-likeness (QED) is 0.794. The number of likely N-dealkylation sites (N-methyl/N-ethyl adjacent to an activating group) is 2. The minimum absolute atomic E-state index is 0.0216. The predicted octanol–water partition coefficient (Wildman–Crippen LogP) is 1.80. The molecule has 4 heteroatoms. The van der Waals surface area contributed by atoms with Gasteiger partial charge in [0.05, 0.1) is 19.0 Å². The van der Waals surface area contributed by atoms with Crippen LogP contribution in [0.25, 0.3) is 0 Å². The van der Waals surface area contributed by atoms with Gasteiger partial charge in [-0.3, -0.25) is 4.79 Å². The van der Waals surface area contributed by atoms with Crippen LogP contribution in [-0.4, -0.2) is 38.0 Å². The molecule has 96 valence electrons. The number of benzene rings is 1. The lowest BCUT2D eigenvalue weighted by Crippen LogP contribution is -2.37. The maximum absolute atomic E-state index is 11.9. The van der Waals surface area contributed by atoms with E-state index in [0.717, 1.165) is 5.69 Å². The van der Waals surface area contributed by atoms with E-state index in [1.807, 2.05) is 49.2 Å². The van der Waals surface area contributed by atoms with Crippen LogP contribution in [0, 0.1) is 18.3 Å². The summed E-state index contributed by atoms with van der Waals surface area (Å²) in [6.07, 6.45) is 0.372. The third kappa shape index (κ3) is 4.10. The topological polar surface area (TPSA) is 47.3 Å². The second kappa shape index (κ2) is 6.65. The van der Waals surface area contributed by atoms with Crippen LogP contribution in [0.3, 0.4) is 0 Å². The molecule has 0 N–H and O–H groups in total. The molecule has 0 atom stereocenters. The predicted molar refractivity (Wildman–Crippen MR) is 72.3 cm³/mol. The van der Waals surface area contributed by atoms with Crippen molar-refractivity contribution in [2.75, 3.05) is 32.1 Å². The summed E-state index contributed by atoms with van der Waals surface area (Å²) < 4.78 is 0. The van der Waals surface area contributed by atoms with Gasteiger partial charge in [0.15, 0.2) is 0 Å². The molecule has 0 bridgehead atoms. The second-order valence-corrected chi connectivity index (χ2v) is 4.42. The fraction of sp³-hybridized carbons (Fsp3) is 0.429. The summed E-state index contributed by atoms with van der Waals surface area (Å²) in [7, 11) is 3.61. The van der Waals surface area contributed by atoms with E-state index >= 15 is 0 Å². The summed E-state index contributed by atoms with van der Waals surface area (Å²) in [4.78, 5) is 15.4. The van der Waals surface area contributed by atoms with Crippen molar-refractivity contribution in [3.8, 4) is 6.07 Å². The van der Waals surface area contributed by atoms with E-state index in [1.54, 1.807) is 11.9 Å². The van der Waals surface area contributed by atoms with Crippen LogP contribution in [0.4, 0.5) is 5.69 Å². The molecule has 0 aliphatic heterocycles. The van der Waals surface area contributed by atoms with Crippen LogP contribution in [0.5, 0.6) is 0 Å². The van der Waals surface area contributed by atoms with Gasteiger partial charge < -0.3 is 9.80 Å². The lowest BCUT2D eigenvalue weighted by Gasteiger charge is -2.22. The third-order valence-electron chi connectivity index (χ3n) is 2.83. The maximum Gasteiger partial charge on any atom is 0.241 e. The summed E-state index contributed by atoms with van der Waals surface area (Å²) in [5, 5.41) is 8.48. The van der Waals surface area contributed by atoms with Crippen LogP contribution in [0.1, 0.15) is 12.0 Å². The van der Waals surface area contributed by atoms with Gasteiger partial charge in [0.25, 0.3) is 0 Å². The first-order valence-corrected chi connectivity index (χ1v) is 5.93. The number of nitriles is 1. The van der Waals surface area contributed by atoms with Gasteiger partial charge in [-0.2, -0.15) is 5.26 Å². The van der Waals surface area contributed by atoms with Crippen molar-refractivity contribution in [1.82, 2.24) is 4.90 Å². The number of nitrogens with zero attached hydrogens (tertiary/aromatic N) is 3. The molecule has 1 aromatic carbocycles. The molecule has 0 unspecified atom stereocenters. The molecule has 18 heavy (non-hydrogen) atoms. The van der Waals surface area contributed by atoms with Gasteiger partial charge in [0.2, 0.25) is 5.91 Å². The Morgan fingerprint density at radius 2 is 1.89 bits per heavy atom. The number of anilines is 1. The lowest BCUT2D eigenvalue weighted by molar-refractivity contribution is -0.128. The van der Waals surface area contributed by atoms with E-state index in [9.17, 15) is 4.79 Å². The Balaban J connectivity index is 2.54. The van der Waals surface area contributed by atoms with E-state index in [0.29, 0.717) is 19.5 Å². The molecule has 1 amide bonds. The Hall–Kier alpha value is -2.02. The van der Waals surface area contributed by atoms with Crippen molar-refractivity contribution >= 4 is 11.6 Å². The zero-order valence-corrected chi connectivity index (χ0v) is 11.2. The van der Waals surface area contributed by atoms with Crippen molar-refractivity contribution < 1.29 is 4.79 Å². The number of hydrogen-bond acceptors (Lipinski definition) is 3. The van der Waals surface area contributed by atoms with Crippen molar-refractivity contribution in [2.45, 2.75) is 13.3 Å². The number of aryl methyl sites for hydroxylation is 1. The fourth-order valence-electron chi connectivity index (χ4n) is 1.56. The molecule has 1 aromatic rings. The number of hydrogen-bond donors (Lipinski definition) is 0. The van der Waals surface area contributed by atoms with E-state index in [4.69, 9.17) is 5.26 Å². The smallest absolute Gasteiger partial charge is 0.241 e. The van der Waals surface area contributed by atoms with Gasteiger partial charge in [-0.25, -0.2) is 0 Å². The van der Waals surface area contributed by atoms with E-state index in [1.165, 1.54) is 5.56 Å². The molecule has 0 saturated heterocycles. The molecule has 0 radical (unpaired) electrons. The second-order valence-electron chi connectivity index (χ2n) is 4.42. The van der Waals surface area contributed by atoms with Crippen LogP contribution in [0.15, 0.2) is 24.3 Å². The monoisotopic (exact) mass is 245 g/mol. The molecule has 0 heterocycles. The molecule has 0 saturated carbocycles. The van der Waals surface area contributed by atoms with Crippen LogP contribution >= 0.6 is 0 Å². The SMILES string of the molecule is Cc1ccc(N(C)CC(=O)N(C)CCC#N)cc1. The Morgan fingerprint density at radius 1 is 1.28 bits per heavy atom. The Labute approximate surface area is 108 Å². The first-order valence-electron chi connectivity index (χ1n) is 5.93. The van der Waals surface area contributed by atoms with Crippen molar-refractivity contribution in [3.05, 3.63) is 29.8 Å². The molecule has 0 aliphatic rings. The van der Waals surface area contributed by atoms with Crippen molar-refractivity contribution in [1.29, 1.82) is 5.26 Å².